The molecule has 0 aliphatic carbocycles. The summed E-state index contributed by atoms with van der Waals surface area (Å²) in [4.78, 5) is 14.0. The van der Waals surface area contributed by atoms with E-state index < -0.39 is 5.97 Å². The van der Waals surface area contributed by atoms with Gasteiger partial charge >= 0.3 is 5.97 Å². The summed E-state index contributed by atoms with van der Waals surface area (Å²) in [7, 11) is 5.45. The first-order chi connectivity index (χ1) is 9.47. The number of hydrogen-bond donors (Lipinski definition) is 1. The smallest absolute Gasteiger partial charge is 0.340 e. The molecule has 0 aliphatic rings. The van der Waals surface area contributed by atoms with Crippen LogP contribution in [0, 0.1) is 0 Å². The molecule has 0 amide bonds. The minimum absolute atomic E-state index is 0.0777. The molecule has 2 rings (SSSR count). The van der Waals surface area contributed by atoms with Gasteiger partial charge in [0, 0.05) is 26.8 Å². The summed E-state index contributed by atoms with van der Waals surface area (Å²) in [5.74, 6) is -0.438. The highest BCUT2D eigenvalue weighted by molar-refractivity contribution is 5.96. The molecule has 20 heavy (non-hydrogen) atoms. The molecular formula is C13H17N5O2. The monoisotopic (exact) mass is 275 g/mol. The van der Waals surface area contributed by atoms with Gasteiger partial charge in [0.15, 0.2) is 0 Å². The fraction of sp³-hybridized carbons (Fsp3) is 0.308. The first kappa shape index (κ1) is 13.9. The van der Waals surface area contributed by atoms with Crippen LogP contribution in [0.3, 0.4) is 0 Å². The highest BCUT2D eigenvalue weighted by atomic mass is 16.5. The summed E-state index contributed by atoms with van der Waals surface area (Å²) >= 11 is 0. The number of rotatable bonds is 4. The van der Waals surface area contributed by atoms with Crippen LogP contribution in [0.2, 0.25) is 0 Å². The Balaban J connectivity index is 2.14. The minimum atomic E-state index is -0.438. The molecule has 2 N–H and O–H groups in total. The van der Waals surface area contributed by atoms with E-state index in [4.69, 9.17) is 10.5 Å². The van der Waals surface area contributed by atoms with Crippen molar-refractivity contribution < 1.29 is 9.53 Å². The quantitative estimate of drug-likeness (QED) is 0.656. The number of esters is 1. The van der Waals surface area contributed by atoms with Crippen LogP contribution in [0.25, 0.3) is 0 Å². The molecule has 106 valence electrons. The topological polar surface area (TPSA) is 86.3 Å². The number of nitrogens with zero attached hydrogens (tertiary/aromatic N) is 4. The van der Waals surface area contributed by atoms with Gasteiger partial charge in [0.1, 0.15) is 12.3 Å². The third-order valence-electron chi connectivity index (χ3n) is 2.72. The zero-order valence-corrected chi connectivity index (χ0v) is 11.7. The van der Waals surface area contributed by atoms with E-state index in [0.717, 1.165) is 5.69 Å². The number of carbonyl (C=O) groups excluding carboxylic acids is 1. The number of aromatic nitrogens is 3. The third-order valence-corrected chi connectivity index (χ3v) is 2.72. The van der Waals surface area contributed by atoms with E-state index >= 15 is 0 Å². The zero-order valence-electron chi connectivity index (χ0n) is 11.7. The predicted molar refractivity (Wildman–Crippen MR) is 75.3 cm³/mol. The molecule has 7 nitrogen and oxygen atoms in total. The normalized spacial score (nSPS) is 10.3. The number of benzene rings is 1. The van der Waals surface area contributed by atoms with Crippen LogP contribution in [-0.4, -0.2) is 35.1 Å². The van der Waals surface area contributed by atoms with Gasteiger partial charge in [0.25, 0.3) is 0 Å². The van der Waals surface area contributed by atoms with Crippen LogP contribution in [0.4, 0.5) is 11.4 Å². The Morgan fingerprint density at radius 2 is 2.20 bits per heavy atom. The van der Waals surface area contributed by atoms with Gasteiger partial charge in [-0.1, -0.05) is 5.21 Å². The lowest BCUT2D eigenvalue weighted by Crippen LogP contribution is -2.16. The fourth-order valence-corrected chi connectivity index (χ4v) is 1.79. The van der Waals surface area contributed by atoms with Gasteiger partial charge in [-0.05, 0) is 18.2 Å². The number of hydrogen-bond acceptors (Lipinski definition) is 6. The van der Waals surface area contributed by atoms with Crippen molar-refractivity contribution in [2.24, 2.45) is 7.05 Å². The molecule has 0 saturated heterocycles. The summed E-state index contributed by atoms with van der Waals surface area (Å²) in [6.07, 6.45) is 1.69. The molecule has 2 aromatic rings. The van der Waals surface area contributed by atoms with E-state index in [2.05, 4.69) is 10.3 Å². The molecule has 0 spiro atoms. The maximum absolute atomic E-state index is 12.1. The van der Waals surface area contributed by atoms with Crippen molar-refractivity contribution in [1.29, 1.82) is 0 Å². The van der Waals surface area contributed by atoms with E-state index in [1.807, 2.05) is 19.0 Å². The molecular weight excluding hydrogens is 258 g/mol. The van der Waals surface area contributed by atoms with Crippen LogP contribution in [0.1, 0.15) is 16.1 Å². The van der Waals surface area contributed by atoms with Crippen molar-refractivity contribution in [1.82, 2.24) is 15.0 Å². The number of nitrogen functional groups attached to an aromatic ring is 1. The third kappa shape index (κ3) is 3.05. The van der Waals surface area contributed by atoms with Gasteiger partial charge < -0.3 is 15.4 Å². The summed E-state index contributed by atoms with van der Waals surface area (Å²) in [5, 5.41) is 7.63. The lowest BCUT2D eigenvalue weighted by molar-refractivity contribution is 0.0468. The predicted octanol–water partition coefficient (Wildman–Crippen LogP) is 0.820. The van der Waals surface area contributed by atoms with Crippen molar-refractivity contribution in [2.45, 2.75) is 6.61 Å². The standard InChI is InChI=1S/C13H17N5O2/c1-17(2)12-5-4-9(14)6-11(12)13(19)20-8-10-7-18(3)16-15-10/h4-7H,8,14H2,1-3H3. The van der Waals surface area contributed by atoms with Crippen LogP contribution in [-0.2, 0) is 18.4 Å². The Labute approximate surface area is 116 Å². The molecule has 7 heteroatoms. The number of aryl methyl sites for hydroxylation is 1. The Morgan fingerprint density at radius 1 is 1.45 bits per heavy atom. The summed E-state index contributed by atoms with van der Waals surface area (Å²) in [5.41, 5.74) is 8.02. The lowest BCUT2D eigenvalue weighted by Gasteiger charge is -2.17. The van der Waals surface area contributed by atoms with Gasteiger partial charge in [0.2, 0.25) is 0 Å². The Kier molecular flexibility index (Phi) is 3.88. The van der Waals surface area contributed by atoms with Gasteiger partial charge in [-0.25, -0.2) is 4.79 Å². The van der Waals surface area contributed by atoms with Gasteiger partial charge in [-0.3, -0.25) is 4.68 Å². The largest absolute Gasteiger partial charge is 0.455 e. The lowest BCUT2D eigenvalue weighted by atomic mass is 10.1. The molecule has 1 aromatic heterocycles. The summed E-state index contributed by atoms with van der Waals surface area (Å²) in [6, 6.07) is 5.14. The summed E-state index contributed by atoms with van der Waals surface area (Å²) < 4.78 is 6.79. The molecule has 0 saturated carbocycles. The Hall–Kier alpha value is -2.57. The SMILES string of the molecule is CN(C)c1ccc(N)cc1C(=O)OCc1cn(C)nn1. The van der Waals surface area contributed by atoms with Gasteiger partial charge in [-0.2, -0.15) is 0 Å². The molecule has 1 heterocycles. The fourth-order valence-electron chi connectivity index (χ4n) is 1.79. The molecule has 0 bridgehead atoms. The van der Waals surface area contributed by atoms with Crippen LogP contribution < -0.4 is 10.6 Å². The average molecular weight is 275 g/mol. The van der Waals surface area contributed by atoms with Crippen molar-refractivity contribution in [3.63, 3.8) is 0 Å². The molecule has 0 fully saturated rings. The second kappa shape index (κ2) is 5.60. The maximum Gasteiger partial charge on any atom is 0.340 e. The molecule has 1 aromatic carbocycles. The second-order valence-electron chi connectivity index (χ2n) is 4.63. The molecule has 0 aliphatic heterocycles. The van der Waals surface area contributed by atoms with Crippen LogP contribution in [0.15, 0.2) is 24.4 Å². The van der Waals surface area contributed by atoms with E-state index in [9.17, 15) is 4.79 Å². The first-order valence-electron chi connectivity index (χ1n) is 6.06. The van der Waals surface area contributed by atoms with Crippen molar-refractivity contribution in [2.75, 3.05) is 24.7 Å². The Morgan fingerprint density at radius 3 is 2.80 bits per heavy atom. The van der Waals surface area contributed by atoms with E-state index in [0.29, 0.717) is 16.9 Å². The van der Waals surface area contributed by atoms with Crippen molar-refractivity contribution in [3.8, 4) is 0 Å². The second-order valence-corrected chi connectivity index (χ2v) is 4.63. The average Bonchev–Trinajstić information content (AvgIpc) is 2.81. The van der Waals surface area contributed by atoms with Crippen molar-refractivity contribution in [3.05, 3.63) is 35.7 Å². The van der Waals surface area contributed by atoms with E-state index in [1.165, 1.54) is 0 Å². The highest BCUT2D eigenvalue weighted by Crippen LogP contribution is 2.22. The number of carbonyl (C=O) groups is 1. The van der Waals surface area contributed by atoms with Crippen LogP contribution in [0.5, 0.6) is 0 Å². The Bertz CT molecular complexity index is 621. The van der Waals surface area contributed by atoms with E-state index in [1.54, 1.807) is 36.1 Å². The summed E-state index contributed by atoms with van der Waals surface area (Å²) in [6.45, 7) is 0.0777. The van der Waals surface area contributed by atoms with Gasteiger partial charge in [-0.15, -0.1) is 5.10 Å². The number of nitrogens with two attached hydrogens (primary N) is 1. The molecule has 0 atom stereocenters. The van der Waals surface area contributed by atoms with Crippen LogP contribution >= 0.6 is 0 Å². The van der Waals surface area contributed by atoms with E-state index in [-0.39, 0.29) is 6.61 Å². The molecule has 0 unspecified atom stereocenters. The molecule has 0 radical (unpaired) electrons. The number of ether oxygens (including phenoxy) is 1. The minimum Gasteiger partial charge on any atom is -0.455 e. The first-order valence-corrected chi connectivity index (χ1v) is 6.06. The number of anilines is 2. The van der Waals surface area contributed by atoms with Crippen molar-refractivity contribution >= 4 is 17.3 Å². The van der Waals surface area contributed by atoms with Gasteiger partial charge in [0.05, 0.1) is 17.4 Å². The zero-order chi connectivity index (χ0) is 14.7. The maximum atomic E-state index is 12.1. The highest BCUT2D eigenvalue weighted by Gasteiger charge is 2.15.